The van der Waals surface area contributed by atoms with Crippen molar-refractivity contribution in [3.63, 3.8) is 0 Å². The smallest absolute Gasteiger partial charge is 0.251 e. The molecule has 4 nitrogen and oxygen atoms in total. The molecule has 0 bridgehead atoms. The van der Waals surface area contributed by atoms with Crippen molar-refractivity contribution in [2.45, 2.75) is 44.4 Å². The molecular weight excluding hydrogens is 307 g/mol. The van der Waals surface area contributed by atoms with Crippen LogP contribution in [-0.2, 0) is 16.1 Å². The monoisotopic (exact) mass is 332 g/mol. The quantitative estimate of drug-likeness (QED) is 0.852. The van der Waals surface area contributed by atoms with E-state index < -0.39 is 0 Å². The Bertz CT molecular complexity index is 603. The number of halogens is 1. The molecule has 0 saturated carbocycles. The van der Waals surface area contributed by atoms with Crippen LogP contribution in [0.5, 0.6) is 0 Å². The van der Waals surface area contributed by atoms with Crippen molar-refractivity contribution >= 4 is 5.91 Å². The number of nitrogens with zero attached hydrogens (tertiary/aromatic N) is 2. The lowest BCUT2D eigenvalue weighted by molar-refractivity contribution is -0.142. The minimum Gasteiger partial charge on any atom is -0.364 e. The summed E-state index contributed by atoms with van der Waals surface area (Å²) in [5.74, 6) is 0.509. The minimum absolute atomic E-state index is 0.113. The molecule has 1 amide bonds. The van der Waals surface area contributed by atoms with E-state index in [1.54, 1.807) is 6.07 Å². The fraction of sp³-hybridized carbons (Fsp3) is 0.632. The predicted molar refractivity (Wildman–Crippen MR) is 88.9 cm³/mol. The van der Waals surface area contributed by atoms with E-state index in [0.29, 0.717) is 12.5 Å². The first kappa shape index (κ1) is 16.0. The molecule has 0 radical (unpaired) electrons. The molecular formula is C19H25FN2O2. The van der Waals surface area contributed by atoms with E-state index in [9.17, 15) is 9.18 Å². The minimum atomic E-state index is -0.258. The molecule has 3 saturated heterocycles. The van der Waals surface area contributed by atoms with Crippen molar-refractivity contribution in [3.8, 4) is 0 Å². The van der Waals surface area contributed by atoms with Gasteiger partial charge in [0, 0.05) is 31.7 Å². The van der Waals surface area contributed by atoms with Crippen molar-refractivity contribution in [1.29, 1.82) is 0 Å². The number of rotatable bonds is 3. The standard InChI is InChI=1S/C19H25FN2O2/c20-16-6-2-1-5-15(16)12-21-10-7-14-11-17(24-18(14)13-21)19(23)22-8-3-4-9-22/h1-2,5-6,14,17-18H,3-4,7-13H2/t14-,17-,18-/m0/s1. The largest absolute Gasteiger partial charge is 0.364 e. The molecule has 0 N–H and O–H groups in total. The third kappa shape index (κ3) is 3.20. The Hall–Kier alpha value is -1.46. The second kappa shape index (κ2) is 6.81. The SMILES string of the molecule is O=C([C@@H]1C[C@@H]2CCN(Cc3ccccc3F)C[C@@H]2O1)N1CCCC1. The van der Waals surface area contributed by atoms with Crippen molar-refractivity contribution in [2.24, 2.45) is 5.92 Å². The molecule has 1 aromatic rings. The molecule has 4 rings (SSSR count). The molecule has 130 valence electrons. The van der Waals surface area contributed by atoms with Crippen molar-refractivity contribution < 1.29 is 13.9 Å². The Kier molecular flexibility index (Phi) is 4.55. The maximum Gasteiger partial charge on any atom is 0.251 e. The Morgan fingerprint density at radius 3 is 2.79 bits per heavy atom. The molecule has 3 aliphatic rings. The van der Waals surface area contributed by atoms with Gasteiger partial charge in [-0.3, -0.25) is 9.69 Å². The maximum atomic E-state index is 13.8. The zero-order valence-electron chi connectivity index (χ0n) is 14.0. The number of carbonyl (C=O) groups is 1. The molecule has 3 atom stereocenters. The number of amides is 1. The molecule has 3 aliphatic heterocycles. The van der Waals surface area contributed by atoms with E-state index in [2.05, 4.69) is 4.90 Å². The van der Waals surface area contributed by atoms with Gasteiger partial charge < -0.3 is 9.64 Å². The Morgan fingerprint density at radius 2 is 2.00 bits per heavy atom. The molecule has 0 unspecified atom stereocenters. The van der Waals surface area contributed by atoms with Crippen LogP contribution < -0.4 is 0 Å². The first-order valence-electron chi connectivity index (χ1n) is 9.11. The number of hydrogen-bond donors (Lipinski definition) is 0. The average molecular weight is 332 g/mol. The van der Waals surface area contributed by atoms with Crippen LogP contribution in [0.2, 0.25) is 0 Å². The average Bonchev–Trinajstić information content (AvgIpc) is 3.25. The molecule has 0 aliphatic carbocycles. The Balaban J connectivity index is 1.35. The van der Waals surface area contributed by atoms with Gasteiger partial charge in [-0.05, 0) is 44.2 Å². The Labute approximate surface area is 142 Å². The lowest BCUT2D eigenvalue weighted by Crippen LogP contribution is -2.42. The molecule has 0 aromatic heterocycles. The lowest BCUT2D eigenvalue weighted by Gasteiger charge is -2.34. The third-order valence-electron chi connectivity index (χ3n) is 5.68. The summed E-state index contributed by atoms with van der Waals surface area (Å²) in [7, 11) is 0. The van der Waals surface area contributed by atoms with Crippen LogP contribution in [0.1, 0.15) is 31.2 Å². The summed E-state index contributed by atoms with van der Waals surface area (Å²) in [6, 6.07) is 6.96. The summed E-state index contributed by atoms with van der Waals surface area (Å²) < 4.78 is 20.0. The van der Waals surface area contributed by atoms with Crippen LogP contribution in [0.15, 0.2) is 24.3 Å². The number of benzene rings is 1. The summed E-state index contributed by atoms with van der Waals surface area (Å²) >= 11 is 0. The van der Waals surface area contributed by atoms with Gasteiger partial charge in [-0.1, -0.05) is 18.2 Å². The van der Waals surface area contributed by atoms with E-state index in [0.717, 1.165) is 57.4 Å². The van der Waals surface area contributed by atoms with Gasteiger partial charge in [-0.25, -0.2) is 4.39 Å². The molecule has 1 aromatic carbocycles. The van der Waals surface area contributed by atoms with Crippen LogP contribution >= 0.6 is 0 Å². The van der Waals surface area contributed by atoms with Gasteiger partial charge in [-0.2, -0.15) is 0 Å². The lowest BCUT2D eigenvalue weighted by atomic mass is 9.91. The third-order valence-corrected chi connectivity index (χ3v) is 5.68. The van der Waals surface area contributed by atoms with Crippen LogP contribution in [0, 0.1) is 11.7 Å². The van der Waals surface area contributed by atoms with Gasteiger partial charge in [0.05, 0.1) is 6.10 Å². The van der Waals surface area contributed by atoms with Crippen LogP contribution in [-0.4, -0.2) is 54.1 Å². The van der Waals surface area contributed by atoms with Crippen molar-refractivity contribution in [1.82, 2.24) is 9.80 Å². The summed E-state index contributed by atoms with van der Waals surface area (Å²) in [4.78, 5) is 16.8. The first-order valence-corrected chi connectivity index (χ1v) is 9.11. The first-order chi connectivity index (χ1) is 11.7. The van der Waals surface area contributed by atoms with Gasteiger partial charge in [0.1, 0.15) is 11.9 Å². The molecule has 0 spiro atoms. The molecule has 3 fully saturated rings. The molecule has 24 heavy (non-hydrogen) atoms. The van der Waals surface area contributed by atoms with E-state index in [-0.39, 0.29) is 23.9 Å². The highest BCUT2D eigenvalue weighted by molar-refractivity contribution is 5.81. The summed E-state index contributed by atoms with van der Waals surface area (Å²) in [5, 5.41) is 0. The number of piperidine rings is 1. The van der Waals surface area contributed by atoms with Gasteiger partial charge in [0.25, 0.3) is 5.91 Å². The van der Waals surface area contributed by atoms with Gasteiger partial charge >= 0.3 is 0 Å². The van der Waals surface area contributed by atoms with Crippen LogP contribution in [0.3, 0.4) is 0 Å². The highest BCUT2D eigenvalue weighted by Crippen LogP contribution is 2.35. The summed E-state index contributed by atoms with van der Waals surface area (Å²) in [6.07, 6.45) is 3.97. The Morgan fingerprint density at radius 1 is 1.21 bits per heavy atom. The normalized spacial score (nSPS) is 30.5. The zero-order chi connectivity index (χ0) is 16.5. The van der Waals surface area contributed by atoms with E-state index in [1.807, 2.05) is 17.0 Å². The summed E-state index contributed by atoms with van der Waals surface area (Å²) in [6.45, 7) is 4.12. The van der Waals surface area contributed by atoms with Crippen molar-refractivity contribution in [3.05, 3.63) is 35.6 Å². The van der Waals surface area contributed by atoms with E-state index in [1.165, 1.54) is 6.07 Å². The molecule has 3 heterocycles. The topological polar surface area (TPSA) is 32.8 Å². The van der Waals surface area contributed by atoms with Crippen LogP contribution in [0.4, 0.5) is 4.39 Å². The zero-order valence-corrected chi connectivity index (χ0v) is 14.0. The summed E-state index contributed by atoms with van der Waals surface area (Å²) in [5.41, 5.74) is 0.735. The van der Waals surface area contributed by atoms with Gasteiger partial charge in [-0.15, -0.1) is 0 Å². The number of likely N-dealkylation sites (tertiary alicyclic amines) is 2. The highest BCUT2D eigenvalue weighted by atomic mass is 19.1. The van der Waals surface area contributed by atoms with E-state index in [4.69, 9.17) is 4.74 Å². The second-order valence-corrected chi connectivity index (χ2v) is 7.31. The molecule has 5 heteroatoms. The highest BCUT2D eigenvalue weighted by Gasteiger charge is 2.43. The number of fused-ring (bicyclic) bond motifs is 1. The van der Waals surface area contributed by atoms with E-state index >= 15 is 0 Å². The fourth-order valence-electron chi connectivity index (χ4n) is 4.31. The number of carbonyl (C=O) groups excluding carboxylic acids is 1. The maximum absolute atomic E-state index is 13.8. The second-order valence-electron chi connectivity index (χ2n) is 7.31. The predicted octanol–water partition coefficient (Wildman–Crippen LogP) is 2.43. The van der Waals surface area contributed by atoms with Crippen LogP contribution in [0.25, 0.3) is 0 Å². The number of hydrogen-bond acceptors (Lipinski definition) is 3. The fourth-order valence-corrected chi connectivity index (χ4v) is 4.31. The number of ether oxygens (including phenoxy) is 1. The van der Waals surface area contributed by atoms with Gasteiger partial charge in [0.15, 0.2) is 0 Å². The van der Waals surface area contributed by atoms with Crippen molar-refractivity contribution in [2.75, 3.05) is 26.2 Å². The van der Waals surface area contributed by atoms with Gasteiger partial charge in [0.2, 0.25) is 0 Å².